The molecule has 2 aliphatic heterocycles. The van der Waals surface area contributed by atoms with Crippen molar-refractivity contribution in [3.63, 3.8) is 0 Å². The van der Waals surface area contributed by atoms with Crippen molar-refractivity contribution in [2.24, 2.45) is 11.8 Å². The zero-order valence-electron chi connectivity index (χ0n) is 52.7. The average Bonchev–Trinajstić information content (AvgIpc) is 4.24. The van der Waals surface area contributed by atoms with Crippen LogP contribution in [0.4, 0.5) is 15.8 Å². The van der Waals surface area contributed by atoms with Crippen LogP contribution in [0.15, 0.2) is 78.9 Å². The molecule has 0 bridgehead atoms. The second-order valence-electron chi connectivity index (χ2n) is 24.3. The Labute approximate surface area is 517 Å². The van der Waals surface area contributed by atoms with Gasteiger partial charge < -0.3 is 63.0 Å². The van der Waals surface area contributed by atoms with Crippen molar-refractivity contribution in [2.75, 3.05) is 90.6 Å². The SMILES string of the molecule is CCC[C@H](NC)C(=O)O[C@H](Cc1ccc(N2CCOCC2)cc1)C(=O)N(C)[C@@H](CC1CC1)C(=O)O[C@H](C)C(=O)N(C)[C@@H](CC(C)(C)F)C(=O)O[C@H](Cc1ccc(N2CCOCC2)cc1)C(=O)N(C)[C@@H](CC1CC1)C(=O)O[C@H](C)C(=O)OCc1ccccc1. The molecule has 4 aliphatic rings. The number of nitrogens with one attached hydrogen (secondary N) is 1. The van der Waals surface area contributed by atoms with Crippen molar-refractivity contribution >= 4 is 58.9 Å². The molecule has 0 aromatic heterocycles. The lowest BCUT2D eigenvalue weighted by Crippen LogP contribution is -2.54. The van der Waals surface area contributed by atoms with Gasteiger partial charge in [-0.1, -0.05) is 93.6 Å². The summed E-state index contributed by atoms with van der Waals surface area (Å²) >= 11 is 0. The van der Waals surface area contributed by atoms with Crippen LogP contribution in [0.2, 0.25) is 0 Å². The Morgan fingerprint density at radius 1 is 0.568 bits per heavy atom. The van der Waals surface area contributed by atoms with Gasteiger partial charge in [-0.3, -0.25) is 19.2 Å². The van der Waals surface area contributed by atoms with Gasteiger partial charge in [0, 0.05) is 78.0 Å². The summed E-state index contributed by atoms with van der Waals surface area (Å²) in [6, 6.07) is 19.1. The first-order valence-electron chi connectivity index (χ1n) is 31.1. The smallest absolute Gasteiger partial charge is 0.347 e. The molecule has 7 rings (SSSR count). The molecule has 2 aliphatic carbocycles. The van der Waals surface area contributed by atoms with Crippen molar-refractivity contribution in [3.8, 4) is 0 Å². The van der Waals surface area contributed by atoms with Gasteiger partial charge in [0.2, 0.25) is 0 Å². The molecule has 0 radical (unpaired) electrons. The number of rotatable bonds is 32. The molecule has 2 heterocycles. The zero-order chi connectivity index (χ0) is 63.7. The summed E-state index contributed by atoms with van der Waals surface area (Å²) in [5.74, 6) is -6.61. The second kappa shape index (κ2) is 32.4. The Kier molecular flexibility index (Phi) is 25.1. The predicted molar refractivity (Wildman–Crippen MR) is 325 cm³/mol. The van der Waals surface area contributed by atoms with E-state index in [9.17, 15) is 38.4 Å². The number of carbonyl (C=O) groups excluding carboxylic acids is 8. The Hall–Kier alpha value is -7.17. The fourth-order valence-electron chi connectivity index (χ4n) is 10.9. The number of carbonyl (C=O) groups is 8. The Morgan fingerprint density at radius 3 is 1.41 bits per heavy atom. The van der Waals surface area contributed by atoms with Crippen LogP contribution in [0.1, 0.15) is 109 Å². The number of hydrogen-bond donors (Lipinski definition) is 1. The third-order valence-electron chi connectivity index (χ3n) is 16.7. The van der Waals surface area contributed by atoms with E-state index < -0.39 is 108 Å². The third kappa shape index (κ3) is 20.2. The first-order valence-corrected chi connectivity index (χ1v) is 31.1. The minimum Gasteiger partial charge on any atom is -0.458 e. The summed E-state index contributed by atoms with van der Waals surface area (Å²) in [5.41, 5.74) is 1.80. The quantitative estimate of drug-likeness (QED) is 0.0543. The molecule has 2 saturated heterocycles. The number of anilines is 2. The molecule has 2 saturated carbocycles. The van der Waals surface area contributed by atoms with Gasteiger partial charge in [0.25, 0.3) is 17.7 Å². The monoisotopic (exact) mass is 1230 g/mol. The van der Waals surface area contributed by atoms with E-state index in [0.29, 0.717) is 63.5 Å². The fourth-order valence-corrected chi connectivity index (χ4v) is 10.9. The van der Waals surface area contributed by atoms with Gasteiger partial charge in [-0.05, 0) is 107 Å². The molecule has 3 aromatic rings. The number of alkyl halides is 1. The number of morpholine rings is 2. The van der Waals surface area contributed by atoms with Crippen molar-refractivity contribution in [1.82, 2.24) is 20.0 Å². The number of hydrogen-bond acceptors (Lipinski definition) is 18. The highest BCUT2D eigenvalue weighted by atomic mass is 19.1. The zero-order valence-corrected chi connectivity index (χ0v) is 52.7. The summed E-state index contributed by atoms with van der Waals surface area (Å²) in [6.45, 7) is 12.1. The molecule has 1 N–H and O–H groups in total. The lowest BCUT2D eigenvalue weighted by atomic mass is 9.99. The molecule has 4 fully saturated rings. The summed E-state index contributed by atoms with van der Waals surface area (Å²) in [4.78, 5) is 122. The van der Waals surface area contributed by atoms with Crippen LogP contribution < -0.4 is 15.1 Å². The highest BCUT2D eigenvalue weighted by molar-refractivity contribution is 5.93. The largest absolute Gasteiger partial charge is 0.458 e. The van der Waals surface area contributed by atoms with E-state index >= 15 is 4.39 Å². The normalized spacial score (nSPS) is 18.0. The van der Waals surface area contributed by atoms with E-state index in [1.165, 1.54) is 53.7 Å². The number of nitrogens with zero attached hydrogens (tertiary/aromatic N) is 5. The lowest BCUT2D eigenvalue weighted by Gasteiger charge is -2.34. The minimum atomic E-state index is -2.10. The van der Waals surface area contributed by atoms with Crippen LogP contribution in [0, 0.1) is 11.8 Å². The molecule has 0 spiro atoms. The highest BCUT2D eigenvalue weighted by Gasteiger charge is 2.44. The van der Waals surface area contributed by atoms with Gasteiger partial charge in [0.05, 0.1) is 26.4 Å². The Bertz CT molecular complexity index is 2800. The number of benzene rings is 3. The summed E-state index contributed by atoms with van der Waals surface area (Å²) in [5, 5.41) is 2.97. The van der Waals surface area contributed by atoms with Crippen LogP contribution in [0.3, 0.4) is 0 Å². The fraction of sp³-hybridized carbons (Fsp3) is 0.606. The summed E-state index contributed by atoms with van der Waals surface area (Å²) in [7, 11) is 5.70. The van der Waals surface area contributed by atoms with Crippen LogP contribution in [0.5, 0.6) is 0 Å². The van der Waals surface area contributed by atoms with Crippen LogP contribution in [-0.4, -0.2) is 197 Å². The molecule has 0 unspecified atom stereocenters. The standard InChI is InChI=1S/C66H91FN6O15/c1-10-14-52(68-6)62(78)87-56(39-47-21-25-50(26-22-47)72-29-33-82-34-30-72)59(75)69(7)53(37-45-17-18-45)63(79)85-43(2)58(74)71(9)55(41-66(4,5)67)65(81)88-57(40-48-23-27-51(28-24-48)73-31-35-83-36-32-73)60(76)70(8)54(38-46-19-20-46)64(80)86-44(3)61(77)84-42-49-15-12-11-13-16-49/h11-13,15-16,21-28,43-46,52-57,68H,10,14,17-20,29-42H2,1-9H3/t43-,44-,52+,53+,54+,55+,56-,57-/m1/s1. The minimum absolute atomic E-state index is 0.00111. The van der Waals surface area contributed by atoms with Crippen LogP contribution in [-0.2, 0) is 91.0 Å². The van der Waals surface area contributed by atoms with E-state index in [1.54, 1.807) is 43.4 Å². The second-order valence-corrected chi connectivity index (χ2v) is 24.3. The molecular weight excluding hydrogens is 1140 g/mol. The van der Waals surface area contributed by atoms with Gasteiger partial charge in [-0.25, -0.2) is 23.6 Å². The molecule has 88 heavy (non-hydrogen) atoms. The first-order chi connectivity index (χ1) is 42.0. The van der Waals surface area contributed by atoms with Gasteiger partial charge in [0.1, 0.15) is 36.4 Å². The van der Waals surface area contributed by atoms with Crippen molar-refractivity contribution in [1.29, 1.82) is 0 Å². The number of likely N-dealkylation sites (N-methyl/N-ethyl adjacent to an activating group) is 4. The van der Waals surface area contributed by atoms with Crippen molar-refractivity contribution < 1.29 is 75.9 Å². The number of amides is 3. The third-order valence-corrected chi connectivity index (χ3v) is 16.7. The predicted octanol–water partition coefficient (Wildman–Crippen LogP) is 6.18. The van der Waals surface area contributed by atoms with E-state index in [2.05, 4.69) is 15.1 Å². The van der Waals surface area contributed by atoms with Gasteiger partial charge in [-0.2, -0.15) is 0 Å². The highest BCUT2D eigenvalue weighted by Crippen LogP contribution is 2.37. The number of esters is 5. The van der Waals surface area contributed by atoms with Crippen molar-refractivity contribution in [2.45, 2.75) is 166 Å². The summed E-state index contributed by atoms with van der Waals surface area (Å²) < 4.78 is 56.2. The molecule has 3 aromatic carbocycles. The van der Waals surface area contributed by atoms with Gasteiger partial charge in [-0.15, -0.1) is 0 Å². The van der Waals surface area contributed by atoms with Crippen molar-refractivity contribution in [3.05, 3.63) is 95.6 Å². The molecule has 8 atom stereocenters. The molecule has 3 amide bonds. The Balaban J connectivity index is 1.09. The Morgan fingerprint density at radius 2 is 0.989 bits per heavy atom. The van der Waals surface area contributed by atoms with E-state index in [0.717, 1.165) is 65.5 Å². The average molecular weight is 1230 g/mol. The number of ether oxygens (including phenoxy) is 7. The van der Waals surface area contributed by atoms with Crippen LogP contribution >= 0.6 is 0 Å². The van der Waals surface area contributed by atoms with E-state index in [4.69, 9.17) is 33.2 Å². The van der Waals surface area contributed by atoms with Gasteiger partial charge >= 0.3 is 29.8 Å². The molecule has 482 valence electrons. The molecule has 21 nitrogen and oxygen atoms in total. The number of halogens is 1. The maximum Gasteiger partial charge on any atom is 0.347 e. The summed E-state index contributed by atoms with van der Waals surface area (Å²) in [6.07, 6.45) is -2.07. The van der Waals surface area contributed by atoms with Crippen LogP contribution in [0.25, 0.3) is 0 Å². The topological polar surface area (TPSA) is 229 Å². The van der Waals surface area contributed by atoms with E-state index in [-0.39, 0.29) is 44.1 Å². The first kappa shape index (κ1) is 68.3. The maximum absolute atomic E-state index is 16.0. The van der Waals surface area contributed by atoms with E-state index in [1.807, 2.05) is 49.4 Å². The lowest BCUT2D eigenvalue weighted by molar-refractivity contribution is -0.176. The maximum atomic E-state index is 16.0. The molecular formula is C66H91FN6O15. The van der Waals surface area contributed by atoms with Gasteiger partial charge in [0.15, 0.2) is 24.4 Å². The molecule has 22 heteroatoms.